The molecule has 122 valence electrons. The number of thioether (sulfide) groups is 1. The van der Waals surface area contributed by atoms with Crippen molar-refractivity contribution in [3.63, 3.8) is 0 Å². The number of benzene rings is 2. The van der Waals surface area contributed by atoms with Gasteiger partial charge in [0.1, 0.15) is 0 Å². The Bertz CT molecular complexity index is 612. The van der Waals surface area contributed by atoms with Crippen molar-refractivity contribution in [3.8, 4) is 0 Å². The lowest BCUT2D eigenvalue weighted by Gasteiger charge is -2.36. The van der Waals surface area contributed by atoms with E-state index in [1.807, 2.05) is 50.2 Å². The van der Waals surface area contributed by atoms with E-state index in [4.69, 9.17) is 5.73 Å². The van der Waals surface area contributed by atoms with Crippen LogP contribution < -0.4 is 5.73 Å². The lowest BCUT2D eigenvalue weighted by Crippen LogP contribution is -2.46. The van der Waals surface area contributed by atoms with Crippen molar-refractivity contribution in [2.75, 3.05) is 0 Å². The van der Waals surface area contributed by atoms with Crippen molar-refractivity contribution >= 4 is 11.8 Å². The third-order valence-corrected chi connectivity index (χ3v) is 5.52. The van der Waals surface area contributed by atoms with E-state index in [-0.39, 0.29) is 5.25 Å². The minimum absolute atomic E-state index is 0.0344. The maximum Gasteiger partial charge on any atom is 0.0790 e. The number of rotatable bonds is 7. The molecule has 0 aliphatic carbocycles. The van der Waals surface area contributed by atoms with E-state index in [9.17, 15) is 5.11 Å². The Morgan fingerprint density at radius 2 is 1.57 bits per heavy atom. The van der Waals surface area contributed by atoms with Crippen LogP contribution in [0.3, 0.4) is 0 Å². The Labute approximate surface area is 143 Å². The largest absolute Gasteiger partial charge is 0.391 e. The number of hydrogen-bond donors (Lipinski definition) is 2. The third kappa shape index (κ3) is 4.47. The first-order valence-corrected chi connectivity index (χ1v) is 8.67. The minimum atomic E-state index is -0.679. The summed E-state index contributed by atoms with van der Waals surface area (Å²) in [5.41, 5.74) is 7.16. The fraction of sp³-hybridized carbons (Fsp3) is 0.300. The molecule has 0 saturated heterocycles. The van der Waals surface area contributed by atoms with Crippen molar-refractivity contribution in [1.29, 1.82) is 0 Å². The molecule has 0 aromatic heterocycles. The van der Waals surface area contributed by atoms with Crippen LogP contribution in [0.15, 0.2) is 78.2 Å². The van der Waals surface area contributed by atoms with Crippen LogP contribution in [0.4, 0.5) is 0 Å². The Balaban J connectivity index is 2.32. The van der Waals surface area contributed by atoms with Gasteiger partial charge in [-0.3, -0.25) is 0 Å². The van der Waals surface area contributed by atoms with Gasteiger partial charge in [-0.05, 0) is 17.7 Å². The van der Waals surface area contributed by atoms with Crippen molar-refractivity contribution in [3.05, 3.63) is 78.9 Å². The van der Waals surface area contributed by atoms with Crippen molar-refractivity contribution in [2.24, 2.45) is 11.1 Å². The summed E-state index contributed by atoms with van der Waals surface area (Å²) < 4.78 is 0. The van der Waals surface area contributed by atoms with Crippen LogP contribution in [-0.4, -0.2) is 17.3 Å². The predicted octanol–water partition coefficient (Wildman–Crippen LogP) is 4.42. The molecule has 0 aliphatic heterocycles. The number of aliphatic hydroxyl groups is 1. The Kier molecular flexibility index (Phi) is 6.05. The van der Waals surface area contributed by atoms with Crippen LogP contribution in [0.2, 0.25) is 0 Å². The molecule has 2 rings (SSSR count). The lowest BCUT2D eigenvalue weighted by molar-refractivity contribution is 0.0571. The van der Waals surface area contributed by atoms with Gasteiger partial charge in [-0.25, -0.2) is 0 Å². The van der Waals surface area contributed by atoms with E-state index in [1.165, 1.54) is 0 Å². The zero-order valence-electron chi connectivity index (χ0n) is 13.7. The molecule has 0 saturated carbocycles. The molecule has 0 aliphatic rings. The number of nitrogens with two attached hydrogens (primary N) is 1. The van der Waals surface area contributed by atoms with Crippen LogP contribution in [0.5, 0.6) is 0 Å². The molecule has 0 amide bonds. The zero-order valence-corrected chi connectivity index (χ0v) is 14.5. The number of aliphatic hydroxyl groups excluding tert-OH is 1. The second-order valence-electron chi connectivity index (χ2n) is 6.31. The highest BCUT2D eigenvalue weighted by Gasteiger charge is 2.35. The molecule has 0 bridgehead atoms. The van der Waals surface area contributed by atoms with Crippen molar-refractivity contribution in [2.45, 2.75) is 36.1 Å². The highest BCUT2D eigenvalue weighted by molar-refractivity contribution is 7.99. The van der Waals surface area contributed by atoms with Gasteiger partial charge in [-0.1, -0.05) is 68.5 Å². The first-order chi connectivity index (χ1) is 11.0. The lowest BCUT2D eigenvalue weighted by atomic mass is 9.81. The molecule has 0 heterocycles. The van der Waals surface area contributed by atoms with Gasteiger partial charge in [-0.2, -0.15) is 0 Å². The summed E-state index contributed by atoms with van der Waals surface area (Å²) in [6.07, 6.45) is 1.09. The van der Waals surface area contributed by atoms with Gasteiger partial charge in [0.15, 0.2) is 0 Å². The molecular formula is C20H25NOS. The fourth-order valence-corrected chi connectivity index (χ4v) is 3.65. The highest BCUT2D eigenvalue weighted by atomic mass is 32.2. The molecule has 0 unspecified atom stereocenters. The van der Waals surface area contributed by atoms with Crippen LogP contribution in [0.1, 0.15) is 24.7 Å². The summed E-state index contributed by atoms with van der Waals surface area (Å²) in [4.78, 5) is 1.14. The second-order valence-corrected chi connectivity index (χ2v) is 7.52. The molecular weight excluding hydrogens is 302 g/mol. The second kappa shape index (κ2) is 7.82. The fourth-order valence-electron chi connectivity index (χ4n) is 2.44. The van der Waals surface area contributed by atoms with Gasteiger partial charge in [0.05, 0.1) is 11.4 Å². The van der Waals surface area contributed by atoms with E-state index in [2.05, 4.69) is 30.8 Å². The first kappa shape index (κ1) is 17.8. The molecule has 0 spiro atoms. The maximum absolute atomic E-state index is 10.7. The quantitative estimate of drug-likeness (QED) is 0.584. The molecule has 2 aromatic rings. The average molecular weight is 327 g/mol. The van der Waals surface area contributed by atoms with Gasteiger partial charge < -0.3 is 10.8 Å². The predicted molar refractivity (Wildman–Crippen MR) is 99.4 cm³/mol. The Morgan fingerprint density at radius 1 is 1.04 bits per heavy atom. The van der Waals surface area contributed by atoms with E-state index in [0.717, 1.165) is 10.5 Å². The van der Waals surface area contributed by atoms with Crippen LogP contribution >= 0.6 is 11.8 Å². The Morgan fingerprint density at radius 3 is 2.09 bits per heavy atom. The molecule has 0 radical (unpaired) electrons. The van der Waals surface area contributed by atoms with Crippen LogP contribution in [0, 0.1) is 5.41 Å². The van der Waals surface area contributed by atoms with E-state index in [1.54, 1.807) is 17.8 Å². The Hall–Kier alpha value is -1.55. The molecule has 23 heavy (non-hydrogen) atoms. The van der Waals surface area contributed by atoms with Gasteiger partial charge in [0, 0.05) is 16.4 Å². The highest BCUT2D eigenvalue weighted by Crippen LogP contribution is 2.40. The molecule has 3 heteroatoms. The summed E-state index contributed by atoms with van der Waals surface area (Å²) in [6, 6.07) is 19.9. The summed E-state index contributed by atoms with van der Waals surface area (Å²) >= 11 is 1.69. The molecule has 2 aromatic carbocycles. The SMILES string of the molecule is C=CC(C)(C)[C@H](O)[C@@H](N)[C@@H](Sc1ccccc1)c1ccccc1. The molecule has 3 atom stereocenters. The summed E-state index contributed by atoms with van der Waals surface area (Å²) in [6.45, 7) is 7.75. The van der Waals surface area contributed by atoms with E-state index in [0.29, 0.717) is 0 Å². The summed E-state index contributed by atoms with van der Waals surface area (Å²) in [5, 5.41) is 10.7. The normalized spacial score (nSPS) is 15.7. The van der Waals surface area contributed by atoms with Crippen molar-refractivity contribution in [1.82, 2.24) is 0 Å². The number of hydrogen-bond acceptors (Lipinski definition) is 3. The van der Waals surface area contributed by atoms with Gasteiger partial charge >= 0.3 is 0 Å². The van der Waals surface area contributed by atoms with Crippen LogP contribution in [-0.2, 0) is 0 Å². The topological polar surface area (TPSA) is 46.2 Å². The first-order valence-electron chi connectivity index (χ1n) is 7.79. The van der Waals surface area contributed by atoms with E-state index >= 15 is 0 Å². The van der Waals surface area contributed by atoms with Crippen molar-refractivity contribution < 1.29 is 5.11 Å². The maximum atomic E-state index is 10.7. The van der Waals surface area contributed by atoms with Gasteiger partial charge in [0.2, 0.25) is 0 Å². The molecule has 3 N–H and O–H groups in total. The third-order valence-electron chi connectivity index (χ3n) is 4.14. The van der Waals surface area contributed by atoms with Crippen LogP contribution in [0.25, 0.3) is 0 Å². The molecule has 2 nitrogen and oxygen atoms in total. The monoisotopic (exact) mass is 327 g/mol. The minimum Gasteiger partial charge on any atom is -0.391 e. The van der Waals surface area contributed by atoms with E-state index < -0.39 is 17.6 Å². The van der Waals surface area contributed by atoms with Gasteiger partial charge in [-0.15, -0.1) is 18.3 Å². The average Bonchev–Trinajstić information content (AvgIpc) is 2.60. The summed E-state index contributed by atoms with van der Waals surface area (Å²) in [5.74, 6) is 0. The molecule has 0 fully saturated rings. The smallest absolute Gasteiger partial charge is 0.0790 e. The zero-order chi connectivity index (χ0) is 16.9. The summed E-state index contributed by atoms with van der Waals surface area (Å²) in [7, 11) is 0. The standard InChI is InChI=1S/C20H25NOS/c1-4-20(2,3)19(22)17(21)18(15-11-7-5-8-12-15)23-16-13-9-6-10-14-16/h4-14,17-19,22H,1,21H2,2-3H3/t17-,18-,19+/m0/s1. The van der Waals surface area contributed by atoms with Gasteiger partial charge in [0.25, 0.3) is 0 Å².